The number of methoxy groups -OCH3 is 1. The fourth-order valence-electron chi connectivity index (χ4n) is 0.808. The molecule has 0 atom stereocenters. The Bertz CT molecular complexity index is 342. The van der Waals surface area contributed by atoms with Crippen LogP contribution in [0.4, 0.5) is 0 Å². The van der Waals surface area contributed by atoms with Gasteiger partial charge in [-0.1, -0.05) is 0 Å². The highest BCUT2D eigenvalue weighted by molar-refractivity contribution is 5.44. The molecule has 1 rings (SSSR count). The molecule has 4 heteroatoms. The molecule has 0 bridgehead atoms. The Kier molecular flexibility index (Phi) is 2.15. The second-order valence-corrected chi connectivity index (χ2v) is 2.26. The van der Waals surface area contributed by atoms with Crippen LogP contribution >= 0.6 is 0 Å². The van der Waals surface area contributed by atoms with Gasteiger partial charge in [-0.2, -0.15) is 5.26 Å². The molecule has 1 aromatic rings. The van der Waals surface area contributed by atoms with E-state index in [1.165, 1.54) is 13.2 Å². The van der Waals surface area contributed by atoms with Crippen molar-refractivity contribution in [1.82, 2.24) is 4.98 Å². The molecule has 0 amide bonds. The van der Waals surface area contributed by atoms with Crippen molar-refractivity contribution < 1.29 is 9.84 Å². The minimum absolute atomic E-state index is 0.00681. The molecule has 1 aromatic heterocycles. The minimum Gasteiger partial charge on any atom is -0.506 e. The molecular weight excluding hydrogens is 156 g/mol. The molecule has 0 aliphatic heterocycles. The molecule has 0 unspecified atom stereocenters. The Labute approximate surface area is 70.0 Å². The number of aromatic nitrogens is 1. The Balaban J connectivity index is 3.31. The van der Waals surface area contributed by atoms with Gasteiger partial charge in [-0.3, -0.25) is 0 Å². The zero-order valence-corrected chi connectivity index (χ0v) is 6.83. The van der Waals surface area contributed by atoms with Crippen molar-refractivity contribution in [1.29, 1.82) is 5.26 Å². The van der Waals surface area contributed by atoms with Crippen LogP contribution in [-0.4, -0.2) is 17.2 Å². The van der Waals surface area contributed by atoms with Crippen molar-refractivity contribution in [3.63, 3.8) is 0 Å². The first-order valence-electron chi connectivity index (χ1n) is 3.33. The number of hydrogen-bond donors (Lipinski definition) is 1. The molecule has 0 aromatic carbocycles. The largest absolute Gasteiger partial charge is 0.506 e. The number of aromatic hydroxyl groups is 1. The van der Waals surface area contributed by atoms with Gasteiger partial charge in [0.25, 0.3) is 0 Å². The third-order valence-electron chi connectivity index (χ3n) is 1.47. The number of ether oxygens (including phenoxy) is 1. The van der Waals surface area contributed by atoms with E-state index in [9.17, 15) is 5.11 Å². The topological polar surface area (TPSA) is 66.1 Å². The van der Waals surface area contributed by atoms with Crippen molar-refractivity contribution >= 4 is 0 Å². The first-order valence-corrected chi connectivity index (χ1v) is 3.33. The van der Waals surface area contributed by atoms with Crippen LogP contribution < -0.4 is 4.74 Å². The van der Waals surface area contributed by atoms with Crippen molar-refractivity contribution in [3.05, 3.63) is 17.3 Å². The molecule has 62 valence electrons. The molecule has 1 heterocycles. The minimum atomic E-state index is 0.00681. The second kappa shape index (κ2) is 3.09. The summed E-state index contributed by atoms with van der Waals surface area (Å²) in [6, 6.07) is 3.20. The van der Waals surface area contributed by atoms with E-state index in [0.717, 1.165) is 0 Å². The molecular formula is C8H8N2O2. The van der Waals surface area contributed by atoms with E-state index in [1.54, 1.807) is 6.92 Å². The summed E-state index contributed by atoms with van der Waals surface area (Å²) in [7, 11) is 1.43. The average Bonchev–Trinajstić information content (AvgIpc) is 2.09. The Morgan fingerprint density at radius 2 is 2.33 bits per heavy atom. The van der Waals surface area contributed by atoms with Gasteiger partial charge >= 0.3 is 0 Å². The highest BCUT2D eigenvalue weighted by Gasteiger charge is 2.07. The van der Waals surface area contributed by atoms with Crippen LogP contribution in [0.2, 0.25) is 0 Å². The SMILES string of the molecule is COc1nc(C)c(O)cc1C#N. The molecule has 0 spiro atoms. The summed E-state index contributed by atoms with van der Waals surface area (Å²) in [5.41, 5.74) is 0.687. The smallest absolute Gasteiger partial charge is 0.231 e. The van der Waals surface area contributed by atoms with Crippen LogP contribution in [-0.2, 0) is 0 Å². The summed E-state index contributed by atoms with van der Waals surface area (Å²) in [6.45, 7) is 1.64. The van der Waals surface area contributed by atoms with Gasteiger partial charge in [-0.15, -0.1) is 0 Å². The lowest BCUT2D eigenvalue weighted by Crippen LogP contribution is -1.93. The van der Waals surface area contributed by atoms with Gasteiger partial charge < -0.3 is 9.84 Å². The van der Waals surface area contributed by atoms with E-state index in [0.29, 0.717) is 5.69 Å². The highest BCUT2D eigenvalue weighted by Crippen LogP contribution is 2.22. The molecule has 0 saturated carbocycles. The van der Waals surface area contributed by atoms with Crippen molar-refractivity contribution in [2.75, 3.05) is 7.11 Å². The number of rotatable bonds is 1. The first-order chi connectivity index (χ1) is 5.69. The van der Waals surface area contributed by atoms with Gasteiger partial charge in [-0.05, 0) is 6.92 Å². The lowest BCUT2D eigenvalue weighted by Gasteiger charge is -2.03. The maximum Gasteiger partial charge on any atom is 0.231 e. The lowest BCUT2D eigenvalue weighted by atomic mass is 10.2. The van der Waals surface area contributed by atoms with E-state index in [1.807, 2.05) is 6.07 Å². The number of aryl methyl sites for hydroxylation is 1. The predicted octanol–water partition coefficient (Wildman–Crippen LogP) is 0.976. The normalized spacial score (nSPS) is 9.08. The van der Waals surface area contributed by atoms with Gasteiger partial charge in [0.05, 0.1) is 12.8 Å². The van der Waals surface area contributed by atoms with Gasteiger partial charge in [0.15, 0.2) is 0 Å². The number of nitriles is 1. The molecule has 0 radical (unpaired) electrons. The first kappa shape index (κ1) is 8.34. The quantitative estimate of drug-likeness (QED) is 0.671. The van der Waals surface area contributed by atoms with Crippen LogP contribution in [0.3, 0.4) is 0 Å². The van der Waals surface area contributed by atoms with E-state index >= 15 is 0 Å². The van der Waals surface area contributed by atoms with Crippen molar-refractivity contribution in [3.8, 4) is 17.7 Å². The van der Waals surface area contributed by atoms with Crippen LogP contribution in [0.25, 0.3) is 0 Å². The summed E-state index contributed by atoms with van der Waals surface area (Å²) in [4.78, 5) is 3.87. The van der Waals surface area contributed by atoms with Crippen molar-refractivity contribution in [2.45, 2.75) is 6.92 Å². The summed E-state index contributed by atoms with van der Waals surface area (Å²) in [5, 5.41) is 17.8. The number of pyridine rings is 1. The van der Waals surface area contributed by atoms with E-state index < -0.39 is 0 Å². The summed E-state index contributed by atoms with van der Waals surface area (Å²) in [6.07, 6.45) is 0. The molecule has 0 fully saturated rings. The van der Waals surface area contributed by atoms with Gasteiger partial charge in [0.1, 0.15) is 17.4 Å². The zero-order chi connectivity index (χ0) is 9.14. The molecule has 0 aliphatic rings. The van der Waals surface area contributed by atoms with Gasteiger partial charge in [-0.25, -0.2) is 4.98 Å². The second-order valence-electron chi connectivity index (χ2n) is 2.26. The van der Waals surface area contributed by atoms with Gasteiger partial charge in [0, 0.05) is 6.07 Å². The number of hydrogen-bond acceptors (Lipinski definition) is 4. The molecule has 12 heavy (non-hydrogen) atoms. The van der Waals surface area contributed by atoms with Crippen LogP contribution in [0.1, 0.15) is 11.3 Å². The molecule has 1 N–H and O–H groups in total. The Morgan fingerprint density at radius 3 is 2.83 bits per heavy atom. The highest BCUT2D eigenvalue weighted by atomic mass is 16.5. The Morgan fingerprint density at radius 1 is 1.67 bits per heavy atom. The van der Waals surface area contributed by atoms with E-state index in [2.05, 4.69) is 4.98 Å². The molecule has 4 nitrogen and oxygen atoms in total. The van der Waals surface area contributed by atoms with Gasteiger partial charge in [0.2, 0.25) is 5.88 Å². The van der Waals surface area contributed by atoms with Crippen LogP contribution in [0, 0.1) is 18.3 Å². The zero-order valence-electron chi connectivity index (χ0n) is 6.83. The maximum atomic E-state index is 9.18. The third-order valence-corrected chi connectivity index (χ3v) is 1.47. The maximum absolute atomic E-state index is 9.18. The summed E-state index contributed by atoms with van der Waals surface area (Å²) >= 11 is 0. The van der Waals surface area contributed by atoms with Crippen molar-refractivity contribution in [2.24, 2.45) is 0 Å². The van der Waals surface area contributed by atoms with Crippen LogP contribution in [0.15, 0.2) is 6.07 Å². The summed E-state index contributed by atoms with van der Waals surface area (Å²) in [5.74, 6) is 0.250. The fraction of sp³-hybridized carbons (Fsp3) is 0.250. The fourth-order valence-corrected chi connectivity index (χ4v) is 0.808. The lowest BCUT2D eigenvalue weighted by molar-refractivity contribution is 0.390. The molecule has 0 saturated heterocycles. The summed E-state index contributed by atoms with van der Waals surface area (Å²) < 4.78 is 4.83. The standard InChI is InChI=1S/C8H8N2O2/c1-5-7(11)3-6(4-9)8(10-5)12-2/h3,11H,1-2H3. The van der Waals surface area contributed by atoms with E-state index in [4.69, 9.17) is 10.00 Å². The monoisotopic (exact) mass is 164 g/mol. The van der Waals surface area contributed by atoms with Crippen LogP contribution in [0.5, 0.6) is 11.6 Å². The Hall–Kier alpha value is -1.76. The molecule has 0 aliphatic carbocycles. The predicted molar refractivity (Wildman–Crippen MR) is 41.9 cm³/mol. The number of nitrogens with zero attached hydrogens (tertiary/aromatic N) is 2. The third kappa shape index (κ3) is 1.30. The van der Waals surface area contributed by atoms with E-state index in [-0.39, 0.29) is 17.2 Å². The average molecular weight is 164 g/mol.